The predicted octanol–water partition coefficient (Wildman–Crippen LogP) is 4.21. The van der Waals surface area contributed by atoms with E-state index in [9.17, 15) is 9.90 Å². The Bertz CT molecular complexity index is 747. The molecule has 0 unspecified atom stereocenters. The van der Waals surface area contributed by atoms with Crippen molar-refractivity contribution in [2.75, 3.05) is 26.3 Å². The van der Waals surface area contributed by atoms with E-state index < -0.39 is 6.10 Å². The van der Waals surface area contributed by atoms with E-state index in [-0.39, 0.29) is 11.9 Å². The molecular weight excluding hydrogens is 404 g/mol. The van der Waals surface area contributed by atoms with E-state index >= 15 is 0 Å². The smallest absolute Gasteiger partial charge is 0.220 e. The van der Waals surface area contributed by atoms with Gasteiger partial charge in [-0.3, -0.25) is 9.69 Å². The fourth-order valence-corrected chi connectivity index (χ4v) is 5.52. The second-order valence-corrected chi connectivity index (χ2v) is 9.81. The summed E-state index contributed by atoms with van der Waals surface area (Å²) in [6.45, 7) is 5.04. The lowest BCUT2D eigenvalue weighted by atomic mass is 9.79. The molecule has 178 valence electrons. The van der Waals surface area contributed by atoms with E-state index in [1.807, 2.05) is 18.2 Å². The zero-order chi connectivity index (χ0) is 22.3. The highest BCUT2D eigenvalue weighted by Crippen LogP contribution is 2.37. The van der Waals surface area contributed by atoms with Crippen molar-refractivity contribution >= 4 is 5.91 Å². The van der Waals surface area contributed by atoms with Crippen LogP contribution in [0.15, 0.2) is 18.2 Å². The van der Waals surface area contributed by atoms with Gasteiger partial charge in [-0.05, 0) is 55.7 Å². The molecule has 0 radical (unpaired) electrons. The summed E-state index contributed by atoms with van der Waals surface area (Å²) < 4.78 is 11.3. The number of hydrogen-bond donors (Lipinski definition) is 2. The number of aliphatic hydroxyl groups excluding tert-OH is 1. The molecule has 1 aromatic carbocycles. The largest absolute Gasteiger partial charge is 0.486 e. The van der Waals surface area contributed by atoms with Crippen LogP contribution in [-0.2, 0) is 4.79 Å². The number of nitrogens with zero attached hydrogens (tertiary/aromatic N) is 1. The Balaban J connectivity index is 1.42. The summed E-state index contributed by atoms with van der Waals surface area (Å²) in [5.74, 6) is 2.20. The second kappa shape index (κ2) is 11.4. The molecule has 3 heterocycles. The van der Waals surface area contributed by atoms with Crippen LogP contribution in [0.2, 0.25) is 0 Å². The van der Waals surface area contributed by atoms with Gasteiger partial charge in [-0.25, -0.2) is 0 Å². The number of ether oxygens (including phenoxy) is 2. The molecule has 0 spiro atoms. The van der Waals surface area contributed by atoms with Crippen LogP contribution in [0, 0.1) is 5.92 Å². The van der Waals surface area contributed by atoms with Crippen LogP contribution in [0.25, 0.3) is 0 Å². The predicted molar refractivity (Wildman–Crippen MR) is 125 cm³/mol. The first-order valence-electron chi connectivity index (χ1n) is 12.7. The molecule has 1 saturated carbocycles. The van der Waals surface area contributed by atoms with Gasteiger partial charge in [-0.1, -0.05) is 38.7 Å². The van der Waals surface area contributed by atoms with Gasteiger partial charge in [-0.15, -0.1) is 0 Å². The van der Waals surface area contributed by atoms with Gasteiger partial charge in [0.05, 0.1) is 6.04 Å². The summed E-state index contributed by atoms with van der Waals surface area (Å²) in [6.07, 6.45) is 10.5. The van der Waals surface area contributed by atoms with Crippen molar-refractivity contribution in [3.8, 4) is 11.5 Å². The first kappa shape index (κ1) is 23.4. The Hall–Kier alpha value is -1.79. The number of aliphatic hydroxyl groups is 1. The van der Waals surface area contributed by atoms with Crippen LogP contribution < -0.4 is 14.8 Å². The Morgan fingerprint density at radius 3 is 2.56 bits per heavy atom. The topological polar surface area (TPSA) is 71.0 Å². The van der Waals surface area contributed by atoms with Gasteiger partial charge >= 0.3 is 0 Å². The Morgan fingerprint density at radius 2 is 1.84 bits per heavy atom. The lowest BCUT2D eigenvalue weighted by Gasteiger charge is -2.47. The third kappa shape index (κ3) is 5.96. The van der Waals surface area contributed by atoms with Crippen molar-refractivity contribution < 1.29 is 19.4 Å². The molecule has 2 atom stereocenters. The number of fused-ring (bicyclic) bond motifs is 4. The van der Waals surface area contributed by atoms with Crippen molar-refractivity contribution in [3.05, 3.63) is 23.8 Å². The number of unbranched alkanes of at least 4 members (excludes halogenated alkanes) is 4. The molecule has 32 heavy (non-hydrogen) atoms. The molecule has 3 fully saturated rings. The monoisotopic (exact) mass is 444 g/mol. The van der Waals surface area contributed by atoms with E-state index in [0.29, 0.717) is 43.7 Å². The van der Waals surface area contributed by atoms with Gasteiger partial charge in [-0.2, -0.15) is 0 Å². The maximum Gasteiger partial charge on any atom is 0.220 e. The van der Waals surface area contributed by atoms with Crippen LogP contribution in [-0.4, -0.2) is 54.3 Å². The number of carbonyl (C=O) groups excluding carboxylic acids is 1. The van der Waals surface area contributed by atoms with E-state index in [0.717, 1.165) is 30.9 Å². The van der Waals surface area contributed by atoms with Gasteiger partial charge in [0.1, 0.15) is 19.3 Å². The molecule has 3 aliphatic heterocycles. The van der Waals surface area contributed by atoms with Gasteiger partial charge in [0.15, 0.2) is 11.5 Å². The number of piperidine rings is 2. The van der Waals surface area contributed by atoms with Crippen molar-refractivity contribution in [1.82, 2.24) is 10.2 Å². The molecule has 1 amide bonds. The van der Waals surface area contributed by atoms with E-state index in [1.165, 1.54) is 44.9 Å². The first-order chi connectivity index (χ1) is 15.6. The standard InChI is InChI=1S/C26H40N2O4/c1-2-3-4-5-6-7-25(29)27-22(18-28-17-19-8-11-21(28)12-9-19)26(30)20-10-13-23-24(16-20)32-15-14-31-23/h10,13,16,19,21-22,26,30H,2-9,11-12,14-15,17-18H2,1H3,(H,27,29)/t19?,21?,22-,26-/m1/s1. The summed E-state index contributed by atoms with van der Waals surface area (Å²) in [5, 5.41) is 14.5. The van der Waals surface area contributed by atoms with Crippen molar-refractivity contribution in [2.24, 2.45) is 5.92 Å². The average molecular weight is 445 g/mol. The number of nitrogens with one attached hydrogen (secondary N) is 1. The zero-order valence-electron chi connectivity index (χ0n) is 19.6. The third-order valence-electron chi connectivity index (χ3n) is 7.40. The number of amides is 1. The fourth-order valence-electron chi connectivity index (χ4n) is 5.52. The molecule has 4 aliphatic rings. The molecule has 0 aromatic heterocycles. The molecule has 2 N–H and O–H groups in total. The third-order valence-corrected chi connectivity index (χ3v) is 7.40. The average Bonchev–Trinajstić information content (AvgIpc) is 2.83. The molecule has 5 rings (SSSR count). The summed E-state index contributed by atoms with van der Waals surface area (Å²) in [5.41, 5.74) is 0.768. The van der Waals surface area contributed by atoms with Crippen molar-refractivity contribution in [3.63, 3.8) is 0 Å². The Morgan fingerprint density at radius 1 is 1.09 bits per heavy atom. The quantitative estimate of drug-likeness (QED) is 0.500. The lowest BCUT2D eigenvalue weighted by Crippen LogP contribution is -2.55. The molecule has 6 heteroatoms. The Labute approximate surface area is 192 Å². The number of rotatable bonds is 11. The second-order valence-electron chi connectivity index (χ2n) is 9.81. The van der Waals surface area contributed by atoms with Crippen LogP contribution >= 0.6 is 0 Å². The minimum Gasteiger partial charge on any atom is -0.486 e. The molecular formula is C26H40N2O4. The van der Waals surface area contributed by atoms with E-state index in [2.05, 4.69) is 17.1 Å². The fraction of sp³-hybridized carbons (Fsp3) is 0.731. The normalized spacial score (nSPS) is 24.2. The minimum absolute atomic E-state index is 0.0465. The highest BCUT2D eigenvalue weighted by molar-refractivity contribution is 5.76. The summed E-state index contributed by atoms with van der Waals surface area (Å²) in [4.78, 5) is 15.3. The van der Waals surface area contributed by atoms with Crippen LogP contribution in [0.4, 0.5) is 0 Å². The molecule has 1 aromatic rings. The zero-order valence-corrected chi connectivity index (χ0v) is 19.6. The first-order valence-corrected chi connectivity index (χ1v) is 12.7. The molecule has 6 nitrogen and oxygen atoms in total. The van der Waals surface area contributed by atoms with Crippen LogP contribution in [0.1, 0.15) is 82.8 Å². The summed E-state index contributed by atoms with van der Waals surface area (Å²) in [7, 11) is 0. The highest BCUT2D eigenvalue weighted by Gasteiger charge is 2.36. The number of carbonyl (C=O) groups is 1. The molecule has 2 saturated heterocycles. The van der Waals surface area contributed by atoms with Crippen molar-refractivity contribution in [1.29, 1.82) is 0 Å². The van der Waals surface area contributed by atoms with Crippen LogP contribution in [0.3, 0.4) is 0 Å². The summed E-state index contributed by atoms with van der Waals surface area (Å²) >= 11 is 0. The molecule has 1 aliphatic carbocycles. The molecule has 2 bridgehead atoms. The summed E-state index contributed by atoms with van der Waals surface area (Å²) in [6, 6.07) is 5.87. The van der Waals surface area contributed by atoms with Gasteiger partial charge in [0.2, 0.25) is 5.91 Å². The van der Waals surface area contributed by atoms with Crippen LogP contribution in [0.5, 0.6) is 11.5 Å². The van der Waals surface area contributed by atoms with E-state index in [4.69, 9.17) is 9.47 Å². The van der Waals surface area contributed by atoms with Crippen molar-refractivity contribution in [2.45, 2.75) is 89.3 Å². The SMILES string of the molecule is CCCCCCCC(=O)N[C@H](CN1CC2CCC1CC2)[C@H](O)c1ccc2c(c1)OCCO2. The van der Waals surface area contributed by atoms with Gasteiger partial charge < -0.3 is 19.9 Å². The highest BCUT2D eigenvalue weighted by atomic mass is 16.6. The lowest BCUT2D eigenvalue weighted by molar-refractivity contribution is -0.123. The Kier molecular flexibility index (Phi) is 8.31. The number of hydrogen-bond acceptors (Lipinski definition) is 5. The number of benzene rings is 1. The maximum absolute atomic E-state index is 12.8. The minimum atomic E-state index is -0.782. The van der Waals surface area contributed by atoms with E-state index in [1.54, 1.807) is 0 Å². The van der Waals surface area contributed by atoms with Gasteiger partial charge in [0, 0.05) is 25.6 Å². The van der Waals surface area contributed by atoms with Gasteiger partial charge in [0.25, 0.3) is 0 Å². The maximum atomic E-state index is 12.8.